The minimum absolute atomic E-state index is 0.117. The minimum atomic E-state index is -0.753. The Bertz CT molecular complexity index is 922. The number of allylic oxidation sites excluding steroid dienone is 1. The molecule has 2 amide bonds. The molecule has 0 unspecified atom stereocenters. The summed E-state index contributed by atoms with van der Waals surface area (Å²) in [5.41, 5.74) is 2.94. The molecule has 4 nitrogen and oxygen atoms in total. The van der Waals surface area contributed by atoms with Gasteiger partial charge in [0.1, 0.15) is 11.9 Å². The van der Waals surface area contributed by atoms with Gasteiger partial charge in [0.15, 0.2) is 0 Å². The lowest BCUT2D eigenvalue weighted by molar-refractivity contribution is -0.144. The highest BCUT2D eigenvalue weighted by atomic mass is 19.1. The molecule has 0 aromatic heterocycles. The van der Waals surface area contributed by atoms with Gasteiger partial charge >= 0.3 is 0 Å². The van der Waals surface area contributed by atoms with Crippen LogP contribution in [-0.2, 0) is 16.1 Å². The number of amides is 2. The fourth-order valence-corrected chi connectivity index (χ4v) is 4.10. The molecule has 3 rings (SSSR count). The summed E-state index contributed by atoms with van der Waals surface area (Å²) in [5, 5.41) is 3.06. The maximum absolute atomic E-state index is 13.4. The van der Waals surface area contributed by atoms with E-state index < -0.39 is 6.04 Å². The summed E-state index contributed by atoms with van der Waals surface area (Å²) in [6.07, 6.45) is 7.78. The lowest BCUT2D eigenvalue weighted by Crippen LogP contribution is -2.45. The third-order valence-corrected chi connectivity index (χ3v) is 5.85. The zero-order chi connectivity index (χ0) is 22.9. The molecule has 170 valence electrons. The van der Waals surface area contributed by atoms with Gasteiger partial charge in [-0.15, -0.1) is 0 Å². The number of carbonyl (C=O) groups is 2. The van der Waals surface area contributed by atoms with Gasteiger partial charge < -0.3 is 10.2 Å². The smallest absolute Gasteiger partial charge is 0.247 e. The Morgan fingerprint density at radius 2 is 1.75 bits per heavy atom. The maximum atomic E-state index is 13.4. The number of nitrogens with zero attached hydrogens (tertiary/aromatic N) is 1. The number of halogens is 1. The molecular weight excluding hydrogens is 403 g/mol. The zero-order valence-electron chi connectivity index (χ0n) is 19.0. The highest BCUT2D eigenvalue weighted by molar-refractivity contribution is 5.89. The standard InChI is InChI=1S/C27H33FN2O2/c1-20(2)27(32)30(19-22-13-15-24(28)16-14-22)25(23-11-7-4-8-12-23)26(31)29-18-17-21-9-5-3-6-10-21/h4,7-9,11-16,20,25H,3,5-6,10,17-19H2,1-2H3,(H,29,31)/t25-/m0/s1. The fourth-order valence-electron chi connectivity index (χ4n) is 4.10. The molecule has 0 fully saturated rings. The summed E-state index contributed by atoms with van der Waals surface area (Å²) in [7, 11) is 0. The van der Waals surface area contributed by atoms with Crippen molar-refractivity contribution in [3.05, 3.63) is 83.2 Å². The minimum Gasteiger partial charge on any atom is -0.354 e. The first-order valence-electron chi connectivity index (χ1n) is 11.5. The molecular formula is C27H33FN2O2. The second kappa shape index (κ2) is 11.6. The molecule has 0 heterocycles. The lowest BCUT2D eigenvalue weighted by atomic mass is 9.97. The average molecular weight is 437 g/mol. The molecule has 0 saturated heterocycles. The Hall–Kier alpha value is -2.95. The van der Waals surface area contributed by atoms with Crippen LogP contribution in [0.1, 0.15) is 63.1 Å². The Morgan fingerprint density at radius 3 is 2.38 bits per heavy atom. The van der Waals surface area contributed by atoms with Crippen molar-refractivity contribution in [2.75, 3.05) is 6.54 Å². The van der Waals surface area contributed by atoms with Crippen LogP contribution in [0.4, 0.5) is 4.39 Å². The van der Waals surface area contributed by atoms with E-state index in [1.54, 1.807) is 17.0 Å². The lowest BCUT2D eigenvalue weighted by Gasteiger charge is -2.33. The SMILES string of the molecule is CC(C)C(=O)N(Cc1ccc(F)cc1)[C@H](C(=O)NCCC1=CCCCC1)c1ccccc1. The van der Waals surface area contributed by atoms with E-state index in [1.807, 2.05) is 44.2 Å². The second-order valence-corrected chi connectivity index (χ2v) is 8.71. The predicted octanol–water partition coefficient (Wildman–Crippen LogP) is 5.56. The molecule has 32 heavy (non-hydrogen) atoms. The third kappa shape index (κ3) is 6.52. The van der Waals surface area contributed by atoms with Crippen LogP contribution in [0.5, 0.6) is 0 Å². The molecule has 1 atom stereocenters. The fraction of sp³-hybridized carbons (Fsp3) is 0.407. The molecule has 2 aromatic rings. The number of carbonyl (C=O) groups excluding carboxylic acids is 2. The predicted molar refractivity (Wildman–Crippen MR) is 125 cm³/mol. The van der Waals surface area contributed by atoms with E-state index in [-0.39, 0.29) is 30.1 Å². The summed E-state index contributed by atoms with van der Waals surface area (Å²) in [6.45, 7) is 4.44. The van der Waals surface area contributed by atoms with Crippen molar-refractivity contribution < 1.29 is 14.0 Å². The highest BCUT2D eigenvalue weighted by Gasteiger charge is 2.32. The van der Waals surface area contributed by atoms with Crippen LogP contribution in [0.15, 0.2) is 66.2 Å². The van der Waals surface area contributed by atoms with Gasteiger partial charge in [0, 0.05) is 19.0 Å². The summed E-state index contributed by atoms with van der Waals surface area (Å²) in [4.78, 5) is 28.2. The van der Waals surface area contributed by atoms with E-state index in [2.05, 4.69) is 11.4 Å². The molecule has 0 radical (unpaired) electrons. The Kier molecular flexibility index (Phi) is 8.60. The second-order valence-electron chi connectivity index (χ2n) is 8.71. The number of rotatable bonds is 9. The summed E-state index contributed by atoms with van der Waals surface area (Å²) >= 11 is 0. The molecule has 0 saturated carbocycles. The van der Waals surface area contributed by atoms with Crippen molar-refractivity contribution in [3.8, 4) is 0 Å². The quantitative estimate of drug-likeness (QED) is 0.523. The van der Waals surface area contributed by atoms with Crippen molar-refractivity contribution in [1.82, 2.24) is 10.2 Å². The topological polar surface area (TPSA) is 49.4 Å². The number of hydrogen-bond acceptors (Lipinski definition) is 2. The van der Waals surface area contributed by atoms with Crippen LogP contribution in [0.2, 0.25) is 0 Å². The normalized spacial score (nSPS) is 14.6. The average Bonchev–Trinajstić information content (AvgIpc) is 2.81. The molecule has 1 aliphatic carbocycles. The first-order valence-corrected chi connectivity index (χ1v) is 11.5. The third-order valence-electron chi connectivity index (χ3n) is 5.85. The number of nitrogens with one attached hydrogen (secondary N) is 1. The summed E-state index contributed by atoms with van der Waals surface area (Å²) < 4.78 is 13.4. The molecule has 0 aliphatic heterocycles. The van der Waals surface area contributed by atoms with E-state index in [4.69, 9.17) is 0 Å². The van der Waals surface area contributed by atoms with Gasteiger partial charge in [-0.25, -0.2) is 4.39 Å². The Labute approximate surface area is 190 Å². The van der Waals surface area contributed by atoms with Gasteiger partial charge in [-0.3, -0.25) is 9.59 Å². The van der Waals surface area contributed by atoms with E-state index in [1.165, 1.54) is 30.5 Å². The highest BCUT2D eigenvalue weighted by Crippen LogP contribution is 2.26. The van der Waals surface area contributed by atoms with Crippen molar-refractivity contribution in [2.24, 2.45) is 5.92 Å². The Balaban J connectivity index is 1.84. The van der Waals surface area contributed by atoms with Crippen molar-refractivity contribution in [1.29, 1.82) is 0 Å². The van der Waals surface area contributed by atoms with E-state index >= 15 is 0 Å². The van der Waals surface area contributed by atoms with Crippen LogP contribution in [0.25, 0.3) is 0 Å². The van der Waals surface area contributed by atoms with Crippen LogP contribution in [-0.4, -0.2) is 23.3 Å². The Morgan fingerprint density at radius 1 is 1.03 bits per heavy atom. The van der Waals surface area contributed by atoms with Crippen LogP contribution in [0, 0.1) is 11.7 Å². The van der Waals surface area contributed by atoms with Gasteiger partial charge in [-0.2, -0.15) is 0 Å². The van der Waals surface area contributed by atoms with Crippen LogP contribution in [0.3, 0.4) is 0 Å². The number of benzene rings is 2. The van der Waals surface area contributed by atoms with Gasteiger partial charge in [0.2, 0.25) is 11.8 Å². The monoisotopic (exact) mass is 436 g/mol. The van der Waals surface area contributed by atoms with Crippen molar-refractivity contribution in [2.45, 2.75) is 58.5 Å². The van der Waals surface area contributed by atoms with Crippen molar-refractivity contribution >= 4 is 11.8 Å². The van der Waals surface area contributed by atoms with Crippen LogP contribution >= 0.6 is 0 Å². The van der Waals surface area contributed by atoms with E-state index in [0.717, 1.165) is 30.4 Å². The van der Waals surface area contributed by atoms with E-state index in [0.29, 0.717) is 6.54 Å². The number of hydrogen-bond donors (Lipinski definition) is 1. The van der Waals surface area contributed by atoms with Gasteiger partial charge in [-0.05, 0) is 55.4 Å². The maximum Gasteiger partial charge on any atom is 0.247 e. The molecule has 0 bridgehead atoms. The zero-order valence-corrected chi connectivity index (χ0v) is 19.0. The van der Waals surface area contributed by atoms with Crippen molar-refractivity contribution in [3.63, 3.8) is 0 Å². The summed E-state index contributed by atoms with van der Waals surface area (Å²) in [5.74, 6) is -0.913. The molecule has 0 spiro atoms. The largest absolute Gasteiger partial charge is 0.354 e. The molecule has 1 N–H and O–H groups in total. The first kappa shape index (κ1) is 23.7. The molecule has 5 heteroatoms. The first-order chi connectivity index (χ1) is 15.5. The van der Waals surface area contributed by atoms with E-state index in [9.17, 15) is 14.0 Å². The van der Waals surface area contributed by atoms with Gasteiger partial charge in [0.25, 0.3) is 0 Å². The van der Waals surface area contributed by atoms with Crippen LogP contribution < -0.4 is 5.32 Å². The van der Waals surface area contributed by atoms with Gasteiger partial charge in [0.05, 0.1) is 0 Å². The summed E-state index contributed by atoms with van der Waals surface area (Å²) in [6, 6.07) is 14.7. The molecule has 2 aromatic carbocycles. The molecule has 1 aliphatic rings. The van der Waals surface area contributed by atoms with Gasteiger partial charge in [-0.1, -0.05) is 68.0 Å².